The molecule has 4 atom stereocenters. The molecule has 3 fully saturated rings. The third-order valence-corrected chi connectivity index (χ3v) is 7.04. The number of amides is 4. The SMILES string of the molecule is CCCCN1CC(=O)N2[C@H](c3ccc(OC)cc3)[C@@H]3C(=O)N(CC)C(=O)[C@@H]3[C@]2(C)C1=O. The summed E-state index contributed by atoms with van der Waals surface area (Å²) >= 11 is 0. The zero-order valence-electron chi connectivity index (χ0n) is 18.5. The van der Waals surface area contributed by atoms with Gasteiger partial charge in [0.05, 0.1) is 31.5 Å². The maximum atomic E-state index is 13.7. The van der Waals surface area contributed by atoms with Crippen LogP contribution in [0.3, 0.4) is 0 Å². The molecule has 1 aromatic rings. The number of hydrogen-bond acceptors (Lipinski definition) is 5. The maximum absolute atomic E-state index is 13.7. The number of imide groups is 1. The number of likely N-dealkylation sites (tertiary alicyclic amines) is 1. The second-order valence-electron chi connectivity index (χ2n) is 8.63. The summed E-state index contributed by atoms with van der Waals surface area (Å²) in [6.07, 6.45) is 1.67. The zero-order chi connectivity index (χ0) is 22.5. The van der Waals surface area contributed by atoms with E-state index in [1.165, 1.54) is 9.80 Å². The molecule has 0 saturated carbocycles. The minimum absolute atomic E-state index is 0.0274. The highest BCUT2D eigenvalue weighted by Crippen LogP contribution is 2.56. The number of carbonyl (C=O) groups excluding carboxylic acids is 4. The van der Waals surface area contributed by atoms with E-state index in [0.29, 0.717) is 12.3 Å². The molecular formula is C23H29N3O5. The number of piperazine rings is 1. The van der Waals surface area contributed by atoms with Crippen LogP contribution in [0, 0.1) is 11.8 Å². The lowest BCUT2D eigenvalue weighted by molar-refractivity contribution is -0.167. The van der Waals surface area contributed by atoms with E-state index in [1.807, 2.05) is 6.92 Å². The molecule has 0 bridgehead atoms. The molecule has 0 spiro atoms. The number of benzene rings is 1. The van der Waals surface area contributed by atoms with E-state index in [0.717, 1.165) is 18.4 Å². The summed E-state index contributed by atoms with van der Waals surface area (Å²) in [7, 11) is 1.56. The average Bonchev–Trinajstić information content (AvgIpc) is 3.20. The third-order valence-electron chi connectivity index (χ3n) is 7.04. The Kier molecular flexibility index (Phi) is 5.27. The van der Waals surface area contributed by atoms with Crippen molar-refractivity contribution >= 4 is 23.6 Å². The monoisotopic (exact) mass is 427 g/mol. The molecule has 0 aliphatic carbocycles. The molecule has 3 aliphatic rings. The van der Waals surface area contributed by atoms with Gasteiger partial charge in [-0.25, -0.2) is 0 Å². The Balaban J connectivity index is 1.85. The maximum Gasteiger partial charge on any atom is 0.249 e. The highest BCUT2D eigenvalue weighted by Gasteiger charge is 2.72. The first kappa shape index (κ1) is 21.3. The number of hydrogen-bond donors (Lipinski definition) is 0. The summed E-state index contributed by atoms with van der Waals surface area (Å²) in [4.78, 5) is 58.0. The zero-order valence-corrected chi connectivity index (χ0v) is 18.5. The number of methoxy groups -OCH3 is 1. The van der Waals surface area contributed by atoms with Gasteiger partial charge in [0.2, 0.25) is 23.6 Å². The van der Waals surface area contributed by atoms with Gasteiger partial charge in [0.25, 0.3) is 0 Å². The quantitative estimate of drug-likeness (QED) is 0.644. The van der Waals surface area contributed by atoms with Gasteiger partial charge in [-0.2, -0.15) is 0 Å². The van der Waals surface area contributed by atoms with E-state index in [-0.39, 0.29) is 36.7 Å². The summed E-state index contributed by atoms with van der Waals surface area (Å²) < 4.78 is 5.24. The van der Waals surface area contributed by atoms with Crippen LogP contribution in [-0.2, 0) is 19.2 Å². The van der Waals surface area contributed by atoms with Crippen LogP contribution in [0.1, 0.15) is 45.2 Å². The molecule has 4 amide bonds. The number of fused-ring (bicyclic) bond motifs is 3. The van der Waals surface area contributed by atoms with Crippen LogP contribution in [0.5, 0.6) is 5.75 Å². The fourth-order valence-corrected chi connectivity index (χ4v) is 5.54. The van der Waals surface area contributed by atoms with E-state index in [1.54, 1.807) is 50.1 Å². The van der Waals surface area contributed by atoms with Gasteiger partial charge >= 0.3 is 0 Å². The van der Waals surface area contributed by atoms with Crippen LogP contribution in [0.25, 0.3) is 0 Å². The largest absolute Gasteiger partial charge is 0.497 e. The highest BCUT2D eigenvalue weighted by molar-refractivity contribution is 6.12. The van der Waals surface area contributed by atoms with Crippen LogP contribution in [0.15, 0.2) is 24.3 Å². The summed E-state index contributed by atoms with van der Waals surface area (Å²) in [5.41, 5.74) is -0.656. The molecule has 0 radical (unpaired) electrons. The normalized spacial score (nSPS) is 30.2. The van der Waals surface area contributed by atoms with E-state index >= 15 is 0 Å². The van der Waals surface area contributed by atoms with E-state index in [9.17, 15) is 19.2 Å². The summed E-state index contributed by atoms with van der Waals surface area (Å²) in [6, 6.07) is 6.48. The van der Waals surface area contributed by atoms with Crippen molar-refractivity contribution in [2.75, 3.05) is 26.7 Å². The van der Waals surface area contributed by atoms with Crippen molar-refractivity contribution < 1.29 is 23.9 Å². The first-order valence-electron chi connectivity index (χ1n) is 10.9. The second-order valence-corrected chi connectivity index (χ2v) is 8.63. The lowest BCUT2D eigenvalue weighted by Crippen LogP contribution is -2.67. The number of carbonyl (C=O) groups is 4. The molecule has 0 unspecified atom stereocenters. The van der Waals surface area contributed by atoms with Gasteiger partial charge in [0.1, 0.15) is 11.3 Å². The summed E-state index contributed by atoms with van der Waals surface area (Å²) in [5.74, 6) is -2.15. The van der Waals surface area contributed by atoms with Crippen LogP contribution in [-0.4, -0.2) is 70.6 Å². The van der Waals surface area contributed by atoms with E-state index in [4.69, 9.17) is 4.74 Å². The highest BCUT2D eigenvalue weighted by atomic mass is 16.5. The predicted molar refractivity (Wildman–Crippen MR) is 112 cm³/mol. The van der Waals surface area contributed by atoms with E-state index in [2.05, 4.69) is 0 Å². The van der Waals surface area contributed by atoms with Gasteiger partial charge in [0, 0.05) is 13.1 Å². The lowest BCUT2D eigenvalue weighted by atomic mass is 9.79. The summed E-state index contributed by atoms with van der Waals surface area (Å²) in [5, 5.41) is 0. The van der Waals surface area contributed by atoms with Gasteiger partial charge in [-0.15, -0.1) is 0 Å². The van der Waals surface area contributed by atoms with Crippen molar-refractivity contribution in [3.8, 4) is 5.75 Å². The van der Waals surface area contributed by atoms with Gasteiger partial charge in [0.15, 0.2) is 0 Å². The van der Waals surface area contributed by atoms with Crippen molar-refractivity contribution in [3.05, 3.63) is 29.8 Å². The molecule has 3 heterocycles. The average molecular weight is 428 g/mol. The van der Waals surface area contributed by atoms with E-state index < -0.39 is 23.4 Å². The smallest absolute Gasteiger partial charge is 0.249 e. The Morgan fingerprint density at radius 2 is 1.74 bits per heavy atom. The number of ether oxygens (including phenoxy) is 1. The Hall–Kier alpha value is -2.90. The van der Waals surface area contributed by atoms with Gasteiger partial charge in [-0.1, -0.05) is 25.5 Å². The molecule has 8 nitrogen and oxygen atoms in total. The minimum atomic E-state index is -1.38. The molecular weight excluding hydrogens is 398 g/mol. The molecule has 166 valence electrons. The Morgan fingerprint density at radius 1 is 1.06 bits per heavy atom. The number of rotatable bonds is 6. The van der Waals surface area contributed by atoms with Crippen molar-refractivity contribution in [1.82, 2.24) is 14.7 Å². The Labute approximate surface area is 182 Å². The summed E-state index contributed by atoms with van der Waals surface area (Å²) in [6.45, 7) is 6.12. The lowest BCUT2D eigenvalue weighted by Gasteiger charge is -2.47. The molecule has 0 N–H and O–H groups in total. The van der Waals surface area contributed by atoms with Crippen molar-refractivity contribution in [2.45, 2.75) is 45.2 Å². The molecule has 8 heteroatoms. The van der Waals surface area contributed by atoms with Crippen molar-refractivity contribution in [3.63, 3.8) is 0 Å². The van der Waals surface area contributed by atoms with Crippen molar-refractivity contribution in [1.29, 1.82) is 0 Å². The topological polar surface area (TPSA) is 87.2 Å². The number of nitrogens with zero attached hydrogens (tertiary/aromatic N) is 3. The van der Waals surface area contributed by atoms with Crippen LogP contribution >= 0.6 is 0 Å². The second kappa shape index (κ2) is 7.66. The van der Waals surface area contributed by atoms with Gasteiger partial charge in [-0.3, -0.25) is 24.1 Å². The fourth-order valence-electron chi connectivity index (χ4n) is 5.54. The molecule has 4 rings (SSSR count). The Morgan fingerprint density at radius 3 is 2.32 bits per heavy atom. The number of unbranched alkanes of at least 4 members (excludes halogenated alkanes) is 1. The van der Waals surface area contributed by atoms with Crippen LogP contribution < -0.4 is 4.74 Å². The van der Waals surface area contributed by atoms with Crippen LogP contribution in [0.4, 0.5) is 0 Å². The predicted octanol–water partition coefficient (Wildman–Crippen LogP) is 1.60. The van der Waals surface area contributed by atoms with Gasteiger partial charge in [-0.05, 0) is 38.0 Å². The molecule has 1 aromatic carbocycles. The molecule has 3 aliphatic heterocycles. The third kappa shape index (κ3) is 2.87. The first-order chi connectivity index (χ1) is 14.8. The first-order valence-corrected chi connectivity index (χ1v) is 10.9. The standard InChI is InChI=1S/C23H29N3O5/c1-5-7-12-24-13-16(27)26-19(14-8-10-15(31-4)11-9-14)17-18(23(26,3)22(24)30)21(29)25(6-2)20(17)28/h8-11,17-19H,5-7,12-13H2,1-4H3/t17-,18-,19-,23-/m1/s1. The van der Waals surface area contributed by atoms with Crippen LogP contribution in [0.2, 0.25) is 0 Å². The van der Waals surface area contributed by atoms with Crippen molar-refractivity contribution in [2.24, 2.45) is 11.8 Å². The fraction of sp³-hybridized carbons (Fsp3) is 0.565. The minimum Gasteiger partial charge on any atom is -0.497 e. The Bertz CT molecular complexity index is 930. The molecule has 31 heavy (non-hydrogen) atoms. The van der Waals surface area contributed by atoms with Gasteiger partial charge < -0.3 is 14.5 Å². The molecule has 3 saturated heterocycles. The molecule has 0 aromatic heterocycles.